The fourth-order valence-corrected chi connectivity index (χ4v) is 2.52. The Kier molecular flexibility index (Phi) is 5.26. The lowest BCUT2D eigenvalue weighted by Crippen LogP contribution is -2.13. The summed E-state index contributed by atoms with van der Waals surface area (Å²) in [6.07, 6.45) is 1.06. The highest BCUT2D eigenvalue weighted by Gasteiger charge is 2.12. The van der Waals surface area contributed by atoms with Gasteiger partial charge in [0.2, 0.25) is 5.91 Å². The van der Waals surface area contributed by atoms with Crippen LogP contribution in [0.1, 0.15) is 23.4 Å². The van der Waals surface area contributed by atoms with E-state index in [9.17, 15) is 4.79 Å². The van der Waals surface area contributed by atoms with Gasteiger partial charge in [0, 0.05) is 43.0 Å². The second-order valence-electron chi connectivity index (χ2n) is 5.42. The fourth-order valence-electron chi connectivity index (χ4n) is 2.52. The summed E-state index contributed by atoms with van der Waals surface area (Å²) in [6, 6.07) is 5.29. The summed E-state index contributed by atoms with van der Waals surface area (Å²) in [7, 11) is 5.07. The van der Waals surface area contributed by atoms with Crippen LogP contribution in [0.2, 0.25) is 0 Å². The van der Waals surface area contributed by atoms with Gasteiger partial charge in [0.15, 0.2) is 0 Å². The first-order valence-corrected chi connectivity index (χ1v) is 7.46. The number of anilines is 1. The predicted molar refractivity (Wildman–Crippen MR) is 89.2 cm³/mol. The Balaban J connectivity index is 2.02. The molecule has 1 aromatic heterocycles. The second-order valence-corrected chi connectivity index (χ2v) is 5.42. The molecule has 0 radical (unpaired) electrons. The molecule has 0 atom stereocenters. The first kappa shape index (κ1) is 16.9. The Morgan fingerprint density at radius 1 is 1.17 bits per heavy atom. The Bertz CT molecular complexity index is 685. The smallest absolute Gasteiger partial charge is 0.224 e. The quantitative estimate of drug-likeness (QED) is 0.889. The average Bonchev–Trinajstić information content (AvgIpc) is 2.77. The number of benzene rings is 1. The molecule has 1 heterocycles. The Labute approximate surface area is 136 Å². The third kappa shape index (κ3) is 4.03. The van der Waals surface area contributed by atoms with Crippen molar-refractivity contribution >= 4 is 11.6 Å². The van der Waals surface area contributed by atoms with Crippen LogP contribution >= 0.6 is 0 Å². The van der Waals surface area contributed by atoms with Crippen molar-refractivity contribution in [2.45, 2.75) is 26.7 Å². The molecule has 2 rings (SSSR count). The number of methoxy groups -OCH3 is 2. The molecule has 124 valence electrons. The van der Waals surface area contributed by atoms with Crippen LogP contribution < -0.4 is 14.8 Å². The van der Waals surface area contributed by atoms with Crippen LogP contribution in [0.3, 0.4) is 0 Å². The largest absolute Gasteiger partial charge is 0.497 e. The van der Waals surface area contributed by atoms with Crippen molar-refractivity contribution in [3.8, 4) is 11.5 Å². The van der Waals surface area contributed by atoms with Crippen molar-refractivity contribution < 1.29 is 14.3 Å². The normalized spacial score (nSPS) is 10.5. The van der Waals surface area contributed by atoms with Gasteiger partial charge in [-0.05, 0) is 25.8 Å². The first-order valence-electron chi connectivity index (χ1n) is 7.46. The van der Waals surface area contributed by atoms with Gasteiger partial charge in [-0.15, -0.1) is 0 Å². The minimum absolute atomic E-state index is 0.0528. The molecular formula is C17H23N3O3. The number of ether oxygens (including phenoxy) is 2. The number of amides is 1. The molecule has 6 nitrogen and oxygen atoms in total. The van der Waals surface area contributed by atoms with Crippen LogP contribution in [0.25, 0.3) is 0 Å². The zero-order valence-corrected chi connectivity index (χ0v) is 14.3. The van der Waals surface area contributed by atoms with Gasteiger partial charge in [-0.1, -0.05) is 0 Å². The lowest BCUT2D eigenvalue weighted by molar-refractivity contribution is -0.116. The summed E-state index contributed by atoms with van der Waals surface area (Å²) in [5, 5.41) is 7.25. The molecule has 1 aromatic carbocycles. The maximum absolute atomic E-state index is 12.2. The number of rotatable bonds is 6. The zero-order chi connectivity index (χ0) is 17.0. The van der Waals surface area contributed by atoms with E-state index in [0.29, 0.717) is 30.0 Å². The van der Waals surface area contributed by atoms with E-state index in [2.05, 4.69) is 10.4 Å². The third-order valence-electron chi connectivity index (χ3n) is 3.90. The Hall–Kier alpha value is -2.50. The van der Waals surface area contributed by atoms with Gasteiger partial charge in [-0.3, -0.25) is 9.48 Å². The molecule has 0 unspecified atom stereocenters. The van der Waals surface area contributed by atoms with Crippen molar-refractivity contribution in [1.82, 2.24) is 9.78 Å². The molecule has 0 saturated heterocycles. The lowest BCUT2D eigenvalue weighted by atomic mass is 10.1. The van der Waals surface area contributed by atoms with Crippen LogP contribution in [0.15, 0.2) is 18.2 Å². The number of carbonyl (C=O) groups excluding carboxylic acids is 1. The molecular weight excluding hydrogens is 294 g/mol. The molecule has 0 spiro atoms. The van der Waals surface area contributed by atoms with E-state index in [1.54, 1.807) is 32.4 Å². The number of aromatic nitrogens is 2. The van der Waals surface area contributed by atoms with Crippen LogP contribution in [-0.4, -0.2) is 29.9 Å². The van der Waals surface area contributed by atoms with Gasteiger partial charge in [-0.2, -0.15) is 5.10 Å². The molecule has 0 bridgehead atoms. The Morgan fingerprint density at radius 3 is 2.26 bits per heavy atom. The van der Waals surface area contributed by atoms with E-state index in [4.69, 9.17) is 9.47 Å². The summed E-state index contributed by atoms with van der Waals surface area (Å²) in [6.45, 7) is 3.98. The molecule has 0 saturated carbocycles. The first-order chi connectivity index (χ1) is 10.9. The highest BCUT2D eigenvalue weighted by Crippen LogP contribution is 2.26. The number of hydrogen-bond donors (Lipinski definition) is 1. The van der Waals surface area contributed by atoms with Crippen molar-refractivity contribution in [2.24, 2.45) is 7.05 Å². The fraction of sp³-hybridized carbons (Fsp3) is 0.412. The van der Waals surface area contributed by atoms with E-state index in [-0.39, 0.29) is 5.91 Å². The van der Waals surface area contributed by atoms with E-state index in [1.165, 1.54) is 0 Å². The second kappa shape index (κ2) is 7.17. The van der Waals surface area contributed by atoms with Crippen molar-refractivity contribution in [1.29, 1.82) is 0 Å². The third-order valence-corrected chi connectivity index (χ3v) is 3.90. The average molecular weight is 317 g/mol. The molecule has 2 aromatic rings. The minimum atomic E-state index is -0.0528. The van der Waals surface area contributed by atoms with Gasteiger partial charge >= 0.3 is 0 Å². The highest BCUT2D eigenvalue weighted by atomic mass is 16.5. The minimum Gasteiger partial charge on any atom is -0.497 e. The van der Waals surface area contributed by atoms with Gasteiger partial charge in [0.1, 0.15) is 11.5 Å². The monoisotopic (exact) mass is 317 g/mol. The van der Waals surface area contributed by atoms with Crippen molar-refractivity contribution in [2.75, 3.05) is 19.5 Å². The van der Waals surface area contributed by atoms with Gasteiger partial charge in [-0.25, -0.2) is 0 Å². The standard InChI is InChI=1S/C17H23N3O3/c1-11-16(12(2)20(3)19-11)6-7-17(21)18-13-8-14(22-4)10-15(9-13)23-5/h8-10H,6-7H2,1-5H3,(H,18,21). The summed E-state index contributed by atoms with van der Waals surface area (Å²) in [5.74, 6) is 1.22. The summed E-state index contributed by atoms with van der Waals surface area (Å²) in [5.41, 5.74) is 3.86. The van der Waals surface area contributed by atoms with Crippen LogP contribution in [0.4, 0.5) is 5.69 Å². The van der Waals surface area contributed by atoms with Gasteiger partial charge in [0.25, 0.3) is 0 Å². The van der Waals surface area contributed by atoms with E-state index in [1.807, 2.05) is 25.6 Å². The molecule has 23 heavy (non-hydrogen) atoms. The van der Waals surface area contributed by atoms with Crippen LogP contribution in [-0.2, 0) is 18.3 Å². The molecule has 1 amide bonds. The molecule has 0 fully saturated rings. The number of nitrogens with one attached hydrogen (secondary N) is 1. The summed E-state index contributed by atoms with van der Waals surface area (Å²) < 4.78 is 12.2. The molecule has 6 heteroatoms. The van der Waals surface area contributed by atoms with E-state index < -0.39 is 0 Å². The SMILES string of the molecule is COc1cc(NC(=O)CCc2c(C)nn(C)c2C)cc(OC)c1. The predicted octanol–water partition coefficient (Wildman–Crippen LogP) is 2.63. The number of carbonyl (C=O) groups is 1. The zero-order valence-electron chi connectivity index (χ0n) is 14.3. The highest BCUT2D eigenvalue weighted by molar-refractivity contribution is 5.91. The summed E-state index contributed by atoms with van der Waals surface area (Å²) >= 11 is 0. The lowest BCUT2D eigenvalue weighted by Gasteiger charge is -2.10. The van der Waals surface area contributed by atoms with Crippen molar-refractivity contribution in [3.05, 3.63) is 35.2 Å². The number of aryl methyl sites for hydroxylation is 2. The molecule has 1 N–H and O–H groups in total. The van der Waals surface area contributed by atoms with Gasteiger partial charge in [0.05, 0.1) is 19.9 Å². The molecule has 0 aliphatic carbocycles. The van der Waals surface area contributed by atoms with E-state index >= 15 is 0 Å². The number of hydrogen-bond acceptors (Lipinski definition) is 4. The van der Waals surface area contributed by atoms with Gasteiger partial charge < -0.3 is 14.8 Å². The molecule has 0 aliphatic rings. The van der Waals surface area contributed by atoms with Crippen LogP contribution in [0.5, 0.6) is 11.5 Å². The van der Waals surface area contributed by atoms with Crippen molar-refractivity contribution in [3.63, 3.8) is 0 Å². The Morgan fingerprint density at radius 2 is 1.78 bits per heavy atom. The van der Waals surface area contributed by atoms with E-state index in [0.717, 1.165) is 17.0 Å². The van der Waals surface area contributed by atoms with Crippen LogP contribution in [0, 0.1) is 13.8 Å². The maximum atomic E-state index is 12.2. The summed E-state index contributed by atoms with van der Waals surface area (Å²) in [4.78, 5) is 12.2. The topological polar surface area (TPSA) is 65.4 Å². The number of nitrogens with zero attached hydrogens (tertiary/aromatic N) is 2. The maximum Gasteiger partial charge on any atom is 0.224 e. The molecule has 0 aliphatic heterocycles.